The van der Waals surface area contributed by atoms with Gasteiger partial charge in [-0.1, -0.05) is 17.8 Å². The average Bonchev–Trinajstić information content (AvgIpc) is 2.89. The molecule has 0 fully saturated rings. The zero-order valence-electron chi connectivity index (χ0n) is 12.7. The number of amidine groups is 1. The first kappa shape index (κ1) is 16.2. The summed E-state index contributed by atoms with van der Waals surface area (Å²) in [6.45, 7) is 2.82. The summed E-state index contributed by atoms with van der Waals surface area (Å²) >= 11 is 1.29. The van der Waals surface area contributed by atoms with Gasteiger partial charge in [0.15, 0.2) is 16.7 Å². The van der Waals surface area contributed by atoms with Gasteiger partial charge in [-0.15, -0.1) is 5.10 Å². The van der Waals surface area contributed by atoms with Crippen molar-refractivity contribution in [2.24, 2.45) is 5.10 Å². The standard InChI is InChI=1S/C14H17N3O4S/c1-8(18)15-14-16-17(9(2)19)13(22-14)10-5-6-11(20-3)12(7-10)21-4/h5-7,13H,1-4H3,(H,15,16,18)/t13-/m1/s1. The molecule has 1 N–H and O–H groups in total. The maximum atomic E-state index is 11.8. The van der Waals surface area contributed by atoms with Gasteiger partial charge in [0.25, 0.3) is 0 Å². The fraction of sp³-hybridized carbons (Fsp3) is 0.357. The topological polar surface area (TPSA) is 80.2 Å². The largest absolute Gasteiger partial charge is 0.493 e. The quantitative estimate of drug-likeness (QED) is 0.916. The van der Waals surface area contributed by atoms with Crippen LogP contribution in [0, 0.1) is 0 Å². The van der Waals surface area contributed by atoms with Crippen LogP contribution >= 0.6 is 11.8 Å². The van der Waals surface area contributed by atoms with Gasteiger partial charge in [-0.2, -0.15) is 0 Å². The van der Waals surface area contributed by atoms with Crippen molar-refractivity contribution in [2.75, 3.05) is 14.2 Å². The number of rotatable bonds is 3. The third-order valence-corrected chi connectivity index (χ3v) is 4.04. The smallest absolute Gasteiger partial charge is 0.241 e. The summed E-state index contributed by atoms with van der Waals surface area (Å²) in [6.07, 6.45) is 0. The minimum absolute atomic E-state index is 0.215. The van der Waals surface area contributed by atoms with Gasteiger partial charge in [0, 0.05) is 13.8 Å². The number of methoxy groups -OCH3 is 2. The number of nitrogens with zero attached hydrogens (tertiary/aromatic N) is 2. The molecule has 1 aromatic carbocycles. The van der Waals surface area contributed by atoms with Crippen molar-refractivity contribution in [1.29, 1.82) is 0 Å². The maximum absolute atomic E-state index is 11.8. The first-order chi connectivity index (χ1) is 10.5. The fourth-order valence-corrected chi connectivity index (χ4v) is 3.11. The second kappa shape index (κ2) is 6.69. The summed E-state index contributed by atoms with van der Waals surface area (Å²) in [5.74, 6) is 0.721. The Bertz CT molecular complexity index is 633. The van der Waals surface area contributed by atoms with Gasteiger partial charge in [-0.3, -0.25) is 9.59 Å². The molecule has 0 bridgehead atoms. The summed E-state index contributed by atoms with van der Waals surface area (Å²) < 4.78 is 10.5. The molecule has 118 valence electrons. The van der Waals surface area contributed by atoms with E-state index in [1.165, 1.54) is 30.6 Å². The Morgan fingerprint density at radius 1 is 1.23 bits per heavy atom. The number of nitrogens with one attached hydrogen (secondary N) is 1. The molecule has 1 aromatic rings. The SMILES string of the molecule is COc1ccc([C@H]2SC(NC(C)=O)=NN2C(C)=O)cc1OC. The summed E-state index contributed by atoms with van der Waals surface area (Å²) in [5, 5.41) is 8.10. The molecule has 8 heteroatoms. The van der Waals surface area contributed by atoms with Crippen LogP contribution in [-0.4, -0.2) is 36.2 Å². The highest BCUT2D eigenvalue weighted by Gasteiger charge is 2.32. The number of ether oxygens (including phenoxy) is 2. The van der Waals surface area contributed by atoms with E-state index in [4.69, 9.17) is 9.47 Å². The van der Waals surface area contributed by atoms with Crippen LogP contribution in [0.25, 0.3) is 0 Å². The fourth-order valence-electron chi connectivity index (χ4n) is 1.99. The average molecular weight is 323 g/mol. The van der Waals surface area contributed by atoms with E-state index in [1.54, 1.807) is 26.4 Å². The Hall–Kier alpha value is -2.22. The van der Waals surface area contributed by atoms with Crippen LogP contribution in [0.4, 0.5) is 0 Å². The number of thioether (sulfide) groups is 1. The van der Waals surface area contributed by atoms with Crippen LogP contribution in [0.3, 0.4) is 0 Å². The van der Waals surface area contributed by atoms with E-state index in [9.17, 15) is 9.59 Å². The Kier molecular flexibility index (Phi) is 4.92. The first-order valence-corrected chi connectivity index (χ1v) is 7.38. The van der Waals surface area contributed by atoms with Gasteiger partial charge in [0.05, 0.1) is 14.2 Å². The summed E-state index contributed by atoms with van der Waals surface area (Å²) in [5.41, 5.74) is 0.821. The van der Waals surface area contributed by atoms with Gasteiger partial charge >= 0.3 is 0 Å². The molecule has 0 saturated carbocycles. The molecule has 1 aliphatic rings. The van der Waals surface area contributed by atoms with Crippen LogP contribution in [-0.2, 0) is 9.59 Å². The van der Waals surface area contributed by atoms with E-state index in [-0.39, 0.29) is 17.2 Å². The molecular formula is C14H17N3O4S. The molecule has 7 nitrogen and oxygen atoms in total. The number of benzene rings is 1. The Morgan fingerprint density at radius 3 is 2.45 bits per heavy atom. The number of amides is 2. The lowest BCUT2D eigenvalue weighted by Gasteiger charge is -2.20. The molecule has 0 spiro atoms. The van der Waals surface area contributed by atoms with Crippen molar-refractivity contribution in [3.8, 4) is 11.5 Å². The van der Waals surface area contributed by atoms with E-state index in [0.717, 1.165) is 5.56 Å². The first-order valence-electron chi connectivity index (χ1n) is 6.50. The highest BCUT2D eigenvalue weighted by atomic mass is 32.2. The minimum atomic E-state index is -0.362. The summed E-state index contributed by atoms with van der Waals surface area (Å²) in [6, 6.07) is 5.39. The lowest BCUT2D eigenvalue weighted by molar-refractivity contribution is -0.129. The lowest BCUT2D eigenvalue weighted by atomic mass is 10.2. The van der Waals surface area contributed by atoms with Gasteiger partial charge < -0.3 is 14.8 Å². The minimum Gasteiger partial charge on any atom is -0.493 e. The van der Waals surface area contributed by atoms with E-state index in [2.05, 4.69) is 10.4 Å². The zero-order valence-corrected chi connectivity index (χ0v) is 13.6. The van der Waals surface area contributed by atoms with Crippen LogP contribution in [0.15, 0.2) is 23.3 Å². The van der Waals surface area contributed by atoms with Gasteiger partial charge in [-0.05, 0) is 17.7 Å². The summed E-state index contributed by atoms with van der Waals surface area (Å²) in [7, 11) is 3.10. The van der Waals surface area contributed by atoms with Crippen molar-refractivity contribution in [3.05, 3.63) is 23.8 Å². The van der Waals surface area contributed by atoms with E-state index in [1.807, 2.05) is 6.07 Å². The van der Waals surface area contributed by atoms with Crippen LogP contribution in [0.2, 0.25) is 0 Å². The highest BCUT2D eigenvalue weighted by Crippen LogP contribution is 2.41. The molecule has 0 saturated heterocycles. The number of carbonyl (C=O) groups excluding carboxylic acids is 2. The molecule has 0 aliphatic carbocycles. The van der Waals surface area contributed by atoms with Crippen molar-refractivity contribution >= 4 is 28.7 Å². The van der Waals surface area contributed by atoms with Crippen LogP contribution < -0.4 is 14.8 Å². The molecule has 1 heterocycles. The molecule has 22 heavy (non-hydrogen) atoms. The molecule has 0 aromatic heterocycles. The molecule has 1 atom stereocenters. The normalized spacial score (nSPS) is 17.0. The number of carbonyl (C=O) groups is 2. The van der Waals surface area contributed by atoms with Crippen LogP contribution in [0.1, 0.15) is 24.8 Å². The zero-order chi connectivity index (χ0) is 16.3. The number of hydrazone groups is 1. The third kappa shape index (κ3) is 3.33. The molecule has 1 aliphatic heterocycles. The van der Waals surface area contributed by atoms with Gasteiger partial charge in [-0.25, -0.2) is 5.01 Å². The Balaban J connectivity index is 2.31. The van der Waals surface area contributed by atoms with E-state index >= 15 is 0 Å². The van der Waals surface area contributed by atoms with Crippen molar-refractivity contribution in [3.63, 3.8) is 0 Å². The highest BCUT2D eigenvalue weighted by molar-refractivity contribution is 8.14. The monoisotopic (exact) mass is 323 g/mol. The van der Waals surface area contributed by atoms with E-state index < -0.39 is 0 Å². The Labute approximate surface area is 132 Å². The lowest BCUT2D eigenvalue weighted by Crippen LogP contribution is -2.25. The second-order valence-electron chi connectivity index (χ2n) is 4.53. The maximum Gasteiger partial charge on any atom is 0.241 e. The van der Waals surface area contributed by atoms with Crippen molar-refractivity contribution in [2.45, 2.75) is 19.2 Å². The van der Waals surface area contributed by atoms with E-state index in [0.29, 0.717) is 16.7 Å². The predicted molar refractivity (Wildman–Crippen MR) is 83.6 cm³/mol. The van der Waals surface area contributed by atoms with Crippen LogP contribution in [0.5, 0.6) is 11.5 Å². The van der Waals surface area contributed by atoms with Crippen molar-refractivity contribution < 1.29 is 19.1 Å². The Morgan fingerprint density at radius 2 is 1.91 bits per heavy atom. The predicted octanol–water partition coefficient (Wildman–Crippen LogP) is 1.70. The number of hydrogen-bond donors (Lipinski definition) is 1. The molecule has 2 amide bonds. The summed E-state index contributed by atoms with van der Waals surface area (Å²) in [4.78, 5) is 22.9. The molecule has 0 radical (unpaired) electrons. The second-order valence-corrected chi connectivity index (χ2v) is 5.60. The van der Waals surface area contributed by atoms with Gasteiger partial charge in [0.2, 0.25) is 11.8 Å². The third-order valence-electron chi connectivity index (χ3n) is 2.94. The van der Waals surface area contributed by atoms with Gasteiger partial charge in [0.1, 0.15) is 5.37 Å². The molecule has 0 unspecified atom stereocenters. The molecule has 2 rings (SSSR count). The molecular weight excluding hydrogens is 306 g/mol. The number of hydrogen-bond acceptors (Lipinski definition) is 6. The van der Waals surface area contributed by atoms with Crippen molar-refractivity contribution in [1.82, 2.24) is 10.3 Å².